The van der Waals surface area contributed by atoms with Crippen LogP contribution in [-0.2, 0) is 52.6 Å². The quantitative estimate of drug-likeness (QED) is 0.110. The number of halogens is 2. The summed E-state index contributed by atoms with van der Waals surface area (Å²) in [6.07, 6.45) is 14.2. The van der Waals surface area contributed by atoms with Gasteiger partial charge in [0.15, 0.2) is 0 Å². The third-order valence-electron chi connectivity index (χ3n) is 16.3. The lowest BCUT2D eigenvalue weighted by Gasteiger charge is -2.46. The summed E-state index contributed by atoms with van der Waals surface area (Å²) in [5.41, 5.74) is 10.3. The summed E-state index contributed by atoms with van der Waals surface area (Å²) in [5, 5.41) is 16.7. The zero-order valence-corrected chi connectivity index (χ0v) is 45.2. The van der Waals surface area contributed by atoms with Crippen molar-refractivity contribution in [2.75, 3.05) is 14.2 Å². The number of aromatic nitrogens is 7. The van der Waals surface area contributed by atoms with E-state index in [-0.39, 0.29) is 40.9 Å². The minimum absolute atomic E-state index is 0.0161. The topological polar surface area (TPSA) is 168 Å². The SMILES string of the molecule is COc1ccc(CN([C@H]2CCC3=Cc4c(cnn4-c4ccc(F)cc4)C[C@]3(C(C)=O)C2)S(=O)(=O)c2ncn(C)n2)c(C)c1.COc1ccc(CN[C@H]2CCC3=Cc4c(cnn4-c4ccc(F)cc4)C[C@]3(C(C)=O)C2)c(C)c1. The van der Waals surface area contributed by atoms with Gasteiger partial charge in [-0.25, -0.2) is 31.5 Å². The number of fused-ring (bicyclic) bond motifs is 4. The summed E-state index contributed by atoms with van der Waals surface area (Å²) >= 11 is 0. The van der Waals surface area contributed by atoms with Gasteiger partial charge in [-0.05, 0) is 197 Å². The summed E-state index contributed by atoms with van der Waals surface area (Å²) in [6, 6.07) is 23.9. The second kappa shape index (κ2) is 21.2. The molecule has 0 spiro atoms. The van der Waals surface area contributed by atoms with Gasteiger partial charge in [-0.2, -0.15) is 14.5 Å². The van der Waals surface area contributed by atoms with Crippen LogP contribution in [0.1, 0.15) is 97.1 Å². The van der Waals surface area contributed by atoms with Gasteiger partial charge in [0.05, 0.1) is 60.2 Å². The van der Waals surface area contributed by atoms with Gasteiger partial charge in [-0.3, -0.25) is 14.3 Å². The van der Waals surface area contributed by atoms with Crippen LogP contribution in [0.25, 0.3) is 23.5 Å². The van der Waals surface area contributed by atoms with Crippen LogP contribution in [0.2, 0.25) is 0 Å². The first-order chi connectivity index (χ1) is 36.9. The van der Waals surface area contributed by atoms with E-state index < -0.39 is 26.9 Å². The largest absolute Gasteiger partial charge is 0.497 e. The van der Waals surface area contributed by atoms with Crippen molar-refractivity contribution in [2.45, 2.75) is 109 Å². The molecule has 0 unspecified atom stereocenters. The van der Waals surface area contributed by atoms with Gasteiger partial charge < -0.3 is 14.8 Å². The molecule has 400 valence electrons. The number of hydrogen-bond acceptors (Lipinski definition) is 11. The average Bonchev–Trinajstić information content (AvgIpc) is 4.23. The number of hydrogen-bond donors (Lipinski definition) is 1. The van der Waals surface area contributed by atoms with E-state index in [0.717, 1.165) is 82.1 Å². The Hall–Kier alpha value is -7.41. The van der Waals surface area contributed by atoms with E-state index in [0.29, 0.717) is 37.9 Å². The molecule has 15 nitrogen and oxygen atoms in total. The number of benzene rings is 4. The Kier molecular flexibility index (Phi) is 14.6. The Labute approximate surface area is 447 Å². The summed E-state index contributed by atoms with van der Waals surface area (Å²) in [5.74, 6) is 1.15. The van der Waals surface area contributed by atoms with Crippen LogP contribution in [0, 0.1) is 36.3 Å². The maximum atomic E-state index is 14.1. The summed E-state index contributed by atoms with van der Waals surface area (Å²) in [7, 11) is 0.777. The number of allylic oxidation sites excluding steroid dienone is 2. The number of aryl methyl sites for hydroxylation is 3. The van der Waals surface area contributed by atoms with Crippen molar-refractivity contribution in [1.29, 1.82) is 0 Å². The second-order valence-corrected chi connectivity index (χ2v) is 22.7. The number of Topliss-reactive ketones (excluding diaryl/α,β-unsaturated/α-hetero) is 2. The molecule has 18 heteroatoms. The molecule has 4 atom stereocenters. The molecule has 0 saturated heterocycles. The molecule has 77 heavy (non-hydrogen) atoms. The molecule has 0 radical (unpaired) electrons. The molecular formula is C59H63F2N9O6S. The number of rotatable bonds is 14. The molecule has 0 amide bonds. The van der Waals surface area contributed by atoms with Gasteiger partial charge in [0.1, 0.15) is 41.0 Å². The van der Waals surface area contributed by atoms with Crippen LogP contribution in [0.3, 0.4) is 0 Å². The summed E-state index contributed by atoms with van der Waals surface area (Å²) in [4.78, 5) is 30.7. The van der Waals surface area contributed by atoms with Crippen molar-refractivity contribution >= 4 is 33.7 Å². The molecular weight excluding hydrogens is 1000 g/mol. The lowest BCUT2D eigenvalue weighted by molar-refractivity contribution is -0.127. The molecule has 3 aromatic heterocycles. The summed E-state index contributed by atoms with van der Waals surface area (Å²) < 4.78 is 72.3. The van der Waals surface area contributed by atoms with Gasteiger partial charge in [0.2, 0.25) is 0 Å². The van der Waals surface area contributed by atoms with Crippen molar-refractivity contribution < 1.29 is 36.3 Å². The predicted molar refractivity (Wildman–Crippen MR) is 288 cm³/mol. The Morgan fingerprint density at radius 3 is 1.71 bits per heavy atom. The Balaban J connectivity index is 0.000000179. The fourth-order valence-electron chi connectivity index (χ4n) is 11.9. The molecule has 0 bridgehead atoms. The number of nitrogens with one attached hydrogen (secondary N) is 1. The first-order valence-electron chi connectivity index (χ1n) is 25.9. The van der Waals surface area contributed by atoms with E-state index in [1.165, 1.54) is 56.3 Å². The molecule has 0 aliphatic heterocycles. The molecule has 4 aromatic carbocycles. The lowest BCUT2D eigenvalue weighted by atomic mass is 9.61. The van der Waals surface area contributed by atoms with Crippen molar-refractivity contribution in [2.24, 2.45) is 17.9 Å². The predicted octanol–water partition coefficient (Wildman–Crippen LogP) is 9.60. The van der Waals surface area contributed by atoms with Crippen LogP contribution in [0.4, 0.5) is 8.78 Å². The van der Waals surface area contributed by atoms with E-state index in [4.69, 9.17) is 9.47 Å². The number of ether oxygens (including phenoxy) is 2. The monoisotopic (exact) mass is 1060 g/mol. The maximum absolute atomic E-state index is 14.1. The molecule has 1 N–H and O–H groups in total. The van der Waals surface area contributed by atoms with E-state index in [1.807, 2.05) is 48.1 Å². The molecule has 4 aliphatic carbocycles. The fraction of sp³-hybridized carbons (Fsp3) is 0.356. The number of ketones is 2. The Morgan fingerprint density at radius 2 is 1.23 bits per heavy atom. The minimum Gasteiger partial charge on any atom is -0.497 e. The minimum atomic E-state index is -4.12. The van der Waals surface area contributed by atoms with Crippen molar-refractivity contribution in [3.63, 3.8) is 0 Å². The van der Waals surface area contributed by atoms with E-state index in [1.54, 1.807) is 70.3 Å². The number of methoxy groups -OCH3 is 2. The van der Waals surface area contributed by atoms with Crippen LogP contribution in [0.15, 0.2) is 120 Å². The number of sulfonamides is 1. The van der Waals surface area contributed by atoms with Crippen LogP contribution >= 0.6 is 0 Å². The van der Waals surface area contributed by atoms with Gasteiger partial charge in [-0.15, -0.1) is 5.10 Å². The summed E-state index contributed by atoms with van der Waals surface area (Å²) in [6.45, 7) is 8.18. The maximum Gasteiger partial charge on any atom is 0.282 e. The molecule has 3 heterocycles. The van der Waals surface area contributed by atoms with E-state index >= 15 is 0 Å². The second-order valence-electron chi connectivity index (χ2n) is 20.9. The highest BCUT2D eigenvalue weighted by atomic mass is 32.2. The Bertz CT molecular complexity index is 3570. The van der Waals surface area contributed by atoms with Gasteiger partial charge in [-0.1, -0.05) is 23.3 Å². The highest BCUT2D eigenvalue weighted by Gasteiger charge is 2.51. The third kappa shape index (κ3) is 10.2. The van der Waals surface area contributed by atoms with Crippen LogP contribution in [-0.4, -0.2) is 84.9 Å². The number of carbonyl (C=O) groups is 2. The third-order valence-corrected chi connectivity index (χ3v) is 18.0. The first kappa shape index (κ1) is 53.0. The zero-order chi connectivity index (χ0) is 54.4. The first-order valence-corrected chi connectivity index (χ1v) is 27.3. The van der Waals surface area contributed by atoms with Gasteiger partial charge >= 0.3 is 0 Å². The standard InChI is InChI=1S/C31H33FN6O4S.C28H30FN3O2/c1-20-13-28(42-4)12-5-22(20)18-37(43(40,41)30-33-19-36(3)35-30)27-9-6-24-14-29-23(15-31(24,16-27)21(2)39)17-34-38(29)26-10-7-25(32)8-11-26;1-18-12-26(34-3)11-4-20(18)16-30-24-8-5-22-13-27-21(14-28(22,15-24)19(2)33)17-31-32(27)25-9-6-23(29)7-10-25/h5,7-8,10-14,17,19,27H,6,9,15-16,18H2,1-4H3;4,6-7,9-13,17,24,30H,5,8,14-16H2,1-3H3/t27-,31+;24-,28+/m00/s1. The number of carbonyl (C=O) groups excluding carboxylic acids is 2. The smallest absolute Gasteiger partial charge is 0.282 e. The molecule has 11 rings (SSSR count). The highest BCUT2D eigenvalue weighted by molar-refractivity contribution is 7.88. The molecule has 2 saturated carbocycles. The van der Waals surface area contributed by atoms with E-state index in [2.05, 4.69) is 50.7 Å². The Morgan fingerprint density at radius 1 is 0.727 bits per heavy atom. The molecule has 7 aromatic rings. The van der Waals surface area contributed by atoms with E-state index in [9.17, 15) is 26.8 Å². The van der Waals surface area contributed by atoms with Crippen molar-refractivity contribution in [3.05, 3.63) is 171 Å². The van der Waals surface area contributed by atoms with Crippen molar-refractivity contribution in [1.82, 2.24) is 43.9 Å². The average molecular weight is 1060 g/mol. The van der Waals surface area contributed by atoms with Gasteiger partial charge in [0.25, 0.3) is 15.2 Å². The highest BCUT2D eigenvalue weighted by Crippen LogP contribution is 2.51. The number of nitrogens with zero attached hydrogens (tertiary/aromatic N) is 8. The van der Waals surface area contributed by atoms with Gasteiger partial charge in [0, 0.05) is 32.2 Å². The lowest BCUT2D eigenvalue weighted by Crippen LogP contribution is -2.50. The molecule has 4 aliphatic rings. The normalized spacial score (nSPS) is 20.6. The zero-order valence-electron chi connectivity index (χ0n) is 44.4. The fourth-order valence-corrected chi connectivity index (χ4v) is 13.4. The molecule has 2 fully saturated rings. The van der Waals surface area contributed by atoms with Crippen LogP contribution < -0.4 is 14.8 Å². The van der Waals surface area contributed by atoms with Crippen molar-refractivity contribution in [3.8, 4) is 22.9 Å². The van der Waals surface area contributed by atoms with Crippen LogP contribution in [0.5, 0.6) is 11.5 Å².